The lowest BCUT2D eigenvalue weighted by Gasteiger charge is -2.14. The van der Waals surface area contributed by atoms with Gasteiger partial charge in [-0.3, -0.25) is 4.79 Å². The normalized spacial score (nSPS) is 12.2. The third kappa shape index (κ3) is 5.52. The van der Waals surface area contributed by atoms with Crippen LogP contribution in [0.4, 0.5) is 0 Å². The molecule has 100 valence electrons. The van der Waals surface area contributed by atoms with Gasteiger partial charge in [-0.05, 0) is 44.5 Å². The zero-order chi connectivity index (χ0) is 13.4. The zero-order valence-electron chi connectivity index (χ0n) is 10.9. The predicted octanol–water partition coefficient (Wildman–Crippen LogP) is 3.33. The summed E-state index contributed by atoms with van der Waals surface area (Å²) in [4.78, 5) is 11.1. The highest BCUT2D eigenvalue weighted by Crippen LogP contribution is 2.17. The molecule has 18 heavy (non-hydrogen) atoms. The van der Waals surface area contributed by atoms with Crippen LogP contribution in [-0.4, -0.2) is 19.1 Å². The van der Waals surface area contributed by atoms with Crippen LogP contribution in [0.15, 0.2) is 24.3 Å². The minimum atomic E-state index is -0.130. The summed E-state index contributed by atoms with van der Waals surface area (Å²) >= 11 is 5.94. The molecule has 0 spiro atoms. The number of esters is 1. The number of hydrogen-bond donors (Lipinski definition) is 1. The Morgan fingerprint density at radius 3 is 2.94 bits per heavy atom. The van der Waals surface area contributed by atoms with Gasteiger partial charge in [0.1, 0.15) is 0 Å². The van der Waals surface area contributed by atoms with Crippen LogP contribution >= 0.6 is 11.6 Å². The molecular weight excluding hydrogens is 250 g/mol. The number of rotatable bonds is 7. The Balaban J connectivity index is 2.25. The Hall–Kier alpha value is -1.06. The van der Waals surface area contributed by atoms with Gasteiger partial charge in [-0.2, -0.15) is 0 Å². The molecular formula is C14H20ClNO2. The molecule has 1 atom stereocenters. The fourth-order valence-corrected chi connectivity index (χ4v) is 1.88. The fourth-order valence-electron chi connectivity index (χ4n) is 1.68. The molecule has 4 heteroatoms. The lowest BCUT2D eigenvalue weighted by molar-refractivity contribution is -0.143. The minimum Gasteiger partial charge on any atom is -0.466 e. The van der Waals surface area contributed by atoms with E-state index in [0.29, 0.717) is 13.0 Å². The van der Waals surface area contributed by atoms with Crippen molar-refractivity contribution in [2.24, 2.45) is 0 Å². The average Bonchev–Trinajstić information content (AvgIpc) is 2.35. The van der Waals surface area contributed by atoms with Crippen molar-refractivity contribution in [3.8, 4) is 0 Å². The van der Waals surface area contributed by atoms with Crippen molar-refractivity contribution >= 4 is 17.6 Å². The van der Waals surface area contributed by atoms with Gasteiger partial charge in [-0.15, -0.1) is 0 Å². The largest absolute Gasteiger partial charge is 0.466 e. The highest BCUT2D eigenvalue weighted by Gasteiger charge is 2.06. The lowest BCUT2D eigenvalue weighted by Crippen LogP contribution is -2.20. The number of carbonyl (C=O) groups is 1. The van der Waals surface area contributed by atoms with Gasteiger partial charge in [0.2, 0.25) is 0 Å². The van der Waals surface area contributed by atoms with Gasteiger partial charge in [0.25, 0.3) is 0 Å². The molecule has 0 amide bonds. The van der Waals surface area contributed by atoms with Gasteiger partial charge < -0.3 is 10.1 Å². The molecule has 0 aliphatic rings. The van der Waals surface area contributed by atoms with Crippen LogP contribution in [-0.2, 0) is 9.53 Å². The summed E-state index contributed by atoms with van der Waals surface area (Å²) in [7, 11) is 0. The van der Waals surface area contributed by atoms with Crippen molar-refractivity contribution in [3.63, 3.8) is 0 Å². The van der Waals surface area contributed by atoms with E-state index in [2.05, 4.69) is 12.2 Å². The van der Waals surface area contributed by atoms with Crippen molar-refractivity contribution in [3.05, 3.63) is 34.9 Å². The summed E-state index contributed by atoms with van der Waals surface area (Å²) in [6.07, 6.45) is 1.24. The van der Waals surface area contributed by atoms with Crippen molar-refractivity contribution in [1.29, 1.82) is 0 Å². The summed E-state index contributed by atoms with van der Waals surface area (Å²) in [6.45, 7) is 5.13. The molecule has 0 heterocycles. The SMILES string of the molecule is CCOC(=O)CCCNC(C)c1cccc(Cl)c1. The molecule has 0 aromatic heterocycles. The van der Waals surface area contributed by atoms with Gasteiger partial charge in [-0.25, -0.2) is 0 Å². The van der Waals surface area contributed by atoms with Crippen LogP contribution in [0.2, 0.25) is 5.02 Å². The third-order valence-electron chi connectivity index (χ3n) is 2.66. The highest BCUT2D eigenvalue weighted by atomic mass is 35.5. The van der Waals surface area contributed by atoms with Crippen molar-refractivity contribution in [1.82, 2.24) is 5.32 Å². The Kier molecular flexibility index (Phi) is 6.76. The Morgan fingerprint density at radius 1 is 1.50 bits per heavy atom. The van der Waals surface area contributed by atoms with E-state index in [1.54, 1.807) is 0 Å². The molecule has 1 aromatic carbocycles. The number of benzene rings is 1. The quantitative estimate of drug-likeness (QED) is 0.609. The van der Waals surface area contributed by atoms with E-state index in [4.69, 9.17) is 16.3 Å². The van der Waals surface area contributed by atoms with Crippen molar-refractivity contribution in [2.75, 3.05) is 13.2 Å². The fraction of sp³-hybridized carbons (Fsp3) is 0.500. The maximum absolute atomic E-state index is 11.1. The van der Waals surface area contributed by atoms with Gasteiger partial charge >= 0.3 is 5.97 Å². The first kappa shape index (κ1) is 15.0. The standard InChI is InChI=1S/C14H20ClNO2/c1-3-18-14(17)8-5-9-16-11(2)12-6-4-7-13(15)10-12/h4,6-7,10-11,16H,3,5,8-9H2,1-2H3. The van der Waals surface area contributed by atoms with Crippen LogP contribution < -0.4 is 5.32 Å². The monoisotopic (exact) mass is 269 g/mol. The summed E-state index contributed by atoms with van der Waals surface area (Å²) in [6, 6.07) is 8.01. The Bertz CT molecular complexity index is 382. The molecule has 0 fully saturated rings. The van der Waals surface area contributed by atoms with Gasteiger partial charge in [0, 0.05) is 17.5 Å². The van der Waals surface area contributed by atoms with Crippen LogP contribution in [0.1, 0.15) is 38.3 Å². The van der Waals surface area contributed by atoms with Crippen LogP contribution in [0.25, 0.3) is 0 Å². The second-order valence-electron chi connectivity index (χ2n) is 4.14. The van der Waals surface area contributed by atoms with E-state index in [0.717, 1.165) is 23.6 Å². The summed E-state index contributed by atoms with van der Waals surface area (Å²) < 4.78 is 4.87. The van der Waals surface area contributed by atoms with Crippen LogP contribution in [0.5, 0.6) is 0 Å². The average molecular weight is 270 g/mol. The molecule has 0 aliphatic heterocycles. The molecule has 0 aliphatic carbocycles. The van der Waals surface area contributed by atoms with Gasteiger partial charge in [-0.1, -0.05) is 23.7 Å². The maximum atomic E-state index is 11.1. The van der Waals surface area contributed by atoms with Gasteiger partial charge in [0.15, 0.2) is 0 Å². The first-order chi connectivity index (χ1) is 8.63. The smallest absolute Gasteiger partial charge is 0.305 e. The summed E-state index contributed by atoms with van der Waals surface area (Å²) in [5.74, 6) is -0.130. The number of ether oxygens (including phenoxy) is 1. The molecule has 1 unspecified atom stereocenters. The topological polar surface area (TPSA) is 38.3 Å². The second-order valence-corrected chi connectivity index (χ2v) is 4.58. The van der Waals surface area contributed by atoms with Crippen molar-refractivity contribution < 1.29 is 9.53 Å². The maximum Gasteiger partial charge on any atom is 0.305 e. The number of nitrogens with one attached hydrogen (secondary N) is 1. The number of carbonyl (C=O) groups excluding carboxylic acids is 1. The molecule has 0 saturated carbocycles. The number of hydrogen-bond acceptors (Lipinski definition) is 3. The minimum absolute atomic E-state index is 0.130. The van der Waals surface area contributed by atoms with Crippen molar-refractivity contribution in [2.45, 2.75) is 32.7 Å². The summed E-state index contributed by atoms with van der Waals surface area (Å²) in [5, 5.41) is 4.10. The Labute approximate surface area is 113 Å². The van der Waals surface area contributed by atoms with Crippen LogP contribution in [0, 0.1) is 0 Å². The molecule has 3 nitrogen and oxygen atoms in total. The molecule has 0 saturated heterocycles. The van der Waals surface area contributed by atoms with Gasteiger partial charge in [0.05, 0.1) is 6.61 Å². The first-order valence-electron chi connectivity index (χ1n) is 6.28. The first-order valence-corrected chi connectivity index (χ1v) is 6.65. The summed E-state index contributed by atoms with van der Waals surface area (Å²) in [5.41, 5.74) is 1.15. The highest BCUT2D eigenvalue weighted by molar-refractivity contribution is 6.30. The zero-order valence-corrected chi connectivity index (χ0v) is 11.7. The lowest BCUT2D eigenvalue weighted by atomic mass is 10.1. The molecule has 0 bridgehead atoms. The second kappa shape index (κ2) is 8.11. The molecule has 1 rings (SSSR count). The predicted molar refractivity (Wildman–Crippen MR) is 73.7 cm³/mol. The third-order valence-corrected chi connectivity index (χ3v) is 2.90. The Morgan fingerprint density at radius 2 is 2.28 bits per heavy atom. The molecule has 1 N–H and O–H groups in total. The van der Waals surface area contributed by atoms with E-state index in [9.17, 15) is 4.79 Å². The van der Waals surface area contributed by atoms with E-state index < -0.39 is 0 Å². The van der Waals surface area contributed by atoms with E-state index in [1.807, 2.05) is 31.2 Å². The molecule has 0 radical (unpaired) electrons. The van der Waals surface area contributed by atoms with Crippen LogP contribution in [0.3, 0.4) is 0 Å². The number of halogens is 1. The molecule has 1 aromatic rings. The van der Waals surface area contributed by atoms with E-state index >= 15 is 0 Å². The van der Waals surface area contributed by atoms with E-state index in [1.165, 1.54) is 0 Å². The van der Waals surface area contributed by atoms with E-state index in [-0.39, 0.29) is 12.0 Å².